The zero-order valence-corrected chi connectivity index (χ0v) is 34.7. The van der Waals surface area contributed by atoms with E-state index in [2.05, 4.69) is 27.7 Å². The molecule has 1 saturated heterocycles. The van der Waals surface area contributed by atoms with E-state index >= 15 is 0 Å². The van der Waals surface area contributed by atoms with Crippen LogP contribution in [0.1, 0.15) is 113 Å². The standard InChI is InChI=1S/C43H64O15/c1-38(2)24-8-11-43(7)33(22(44)17-20-21-18-40(4,37(54)55)13-12-39(21,3)14-15-42(20,43)6)41(24,5)10-9-25(38)57-36-32(30(49)29(48)31(58-36)35(52)53)56-23-16-19(34(50)51)26(45)28(47)27(23)46/h17,19,21,23-33,36,45-49H,8-16,18H2,1-7H3,(H,50,51)(H,52,53)(H,54,55)/t19-,21-,23+,24-,25-,26+,27-,28-,29-,30-,31-,32+,33+,36-,39+,40-,41-,42+,43+/m0/s1. The van der Waals surface area contributed by atoms with Gasteiger partial charge in [0.25, 0.3) is 0 Å². The summed E-state index contributed by atoms with van der Waals surface area (Å²) in [6.07, 6.45) is -9.05. The van der Waals surface area contributed by atoms with E-state index < -0.39 is 113 Å². The molecule has 6 fully saturated rings. The maximum Gasteiger partial charge on any atom is 0.335 e. The van der Waals surface area contributed by atoms with Crippen LogP contribution in [0.5, 0.6) is 0 Å². The largest absolute Gasteiger partial charge is 0.481 e. The molecule has 326 valence electrons. The third kappa shape index (κ3) is 6.26. The van der Waals surface area contributed by atoms with Gasteiger partial charge in [0.1, 0.15) is 30.5 Å². The van der Waals surface area contributed by atoms with Gasteiger partial charge in [0.2, 0.25) is 0 Å². The fourth-order valence-corrected chi connectivity index (χ4v) is 13.8. The second-order valence-corrected chi connectivity index (χ2v) is 21.1. The highest BCUT2D eigenvalue weighted by molar-refractivity contribution is 5.95. The summed E-state index contributed by atoms with van der Waals surface area (Å²) < 4.78 is 18.4. The zero-order chi connectivity index (χ0) is 42.9. The molecule has 6 aliphatic carbocycles. The molecule has 5 saturated carbocycles. The third-order valence-corrected chi connectivity index (χ3v) is 17.7. The van der Waals surface area contributed by atoms with E-state index in [1.54, 1.807) is 0 Å². The minimum absolute atomic E-state index is 0.0128. The number of allylic oxidation sites excluding steroid dienone is 2. The molecule has 7 rings (SSSR count). The summed E-state index contributed by atoms with van der Waals surface area (Å²) in [7, 11) is 0. The predicted molar refractivity (Wildman–Crippen MR) is 203 cm³/mol. The molecule has 19 atom stereocenters. The first-order valence-corrected chi connectivity index (χ1v) is 21.1. The molecule has 58 heavy (non-hydrogen) atoms. The Bertz CT molecular complexity index is 1730. The predicted octanol–water partition coefficient (Wildman–Crippen LogP) is 2.91. The van der Waals surface area contributed by atoms with Gasteiger partial charge in [0.15, 0.2) is 18.2 Å². The number of aliphatic carboxylic acids is 3. The van der Waals surface area contributed by atoms with E-state index in [-0.39, 0.29) is 34.4 Å². The fraction of sp³-hybridized carbons (Fsp3) is 0.860. The lowest BCUT2D eigenvalue weighted by Gasteiger charge is -2.70. The number of aliphatic hydroxyl groups is 5. The highest BCUT2D eigenvalue weighted by atomic mass is 16.7. The summed E-state index contributed by atoms with van der Waals surface area (Å²) in [6.45, 7) is 14.9. The number of carbonyl (C=O) groups is 4. The number of hydrogen-bond donors (Lipinski definition) is 8. The molecule has 0 aromatic heterocycles. The van der Waals surface area contributed by atoms with Crippen molar-refractivity contribution in [1.82, 2.24) is 0 Å². The van der Waals surface area contributed by atoms with Crippen molar-refractivity contribution in [3.05, 3.63) is 11.6 Å². The average molecular weight is 821 g/mol. The van der Waals surface area contributed by atoms with Crippen LogP contribution in [0.15, 0.2) is 11.6 Å². The fourth-order valence-electron chi connectivity index (χ4n) is 13.8. The summed E-state index contributed by atoms with van der Waals surface area (Å²) in [6, 6.07) is 0. The SMILES string of the molecule is CC1(C)[C@@H](O[C@H]2O[C@H](C(=O)O)[C@@H](O)[C@H](O)[C@H]2O[C@@H]2C[C@H](C(=O)O)[C@@H](O)[C@H](O)[C@H]2O)CC[C@]2(C)[C@H]3C(=O)C=C4[C@@H]5C[C@@](C)(C(=O)O)CC[C@]5(C)CC[C@@]4(C)[C@]3(C)CC[C@@H]12. The Kier molecular flexibility index (Phi) is 10.7. The van der Waals surface area contributed by atoms with Crippen molar-refractivity contribution in [1.29, 1.82) is 0 Å². The van der Waals surface area contributed by atoms with Crippen LogP contribution in [0, 0.1) is 56.2 Å². The van der Waals surface area contributed by atoms with Gasteiger partial charge in [-0.3, -0.25) is 14.4 Å². The highest BCUT2D eigenvalue weighted by Gasteiger charge is 2.71. The van der Waals surface area contributed by atoms with Gasteiger partial charge >= 0.3 is 17.9 Å². The van der Waals surface area contributed by atoms with Gasteiger partial charge in [-0.15, -0.1) is 0 Å². The first-order valence-electron chi connectivity index (χ1n) is 21.1. The molecule has 15 nitrogen and oxygen atoms in total. The maximum atomic E-state index is 14.9. The van der Waals surface area contributed by atoms with E-state index in [1.807, 2.05) is 26.8 Å². The number of aliphatic hydroxyl groups excluding tert-OH is 5. The Morgan fingerprint density at radius 1 is 0.741 bits per heavy atom. The van der Waals surface area contributed by atoms with E-state index in [0.29, 0.717) is 25.7 Å². The van der Waals surface area contributed by atoms with Gasteiger partial charge in [-0.25, -0.2) is 4.79 Å². The van der Waals surface area contributed by atoms with Gasteiger partial charge < -0.3 is 55.1 Å². The first kappa shape index (κ1) is 43.6. The number of carbonyl (C=O) groups excluding carboxylic acids is 1. The maximum absolute atomic E-state index is 14.9. The Balaban J connectivity index is 1.17. The lowest BCUT2D eigenvalue weighted by molar-refractivity contribution is -0.341. The summed E-state index contributed by atoms with van der Waals surface area (Å²) in [4.78, 5) is 51.5. The van der Waals surface area contributed by atoms with Crippen molar-refractivity contribution in [2.45, 2.75) is 174 Å². The topological polar surface area (TPSA) is 258 Å². The van der Waals surface area contributed by atoms with Crippen molar-refractivity contribution in [2.24, 2.45) is 56.2 Å². The molecule has 0 amide bonds. The molecule has 8 N–H and O–H groups in total. The molecule has 0 aromatic rings. The summed E-state index contributed by atoms with van der Waals surface area (Å²) >= 11 is 0. The number of hydrogen-bond acceptors (Lipinski definition) is 12. The van der Waals surface area contributed by atoms with Crippen LogP contribution >= 0.6 is 0 Å². The summed E-state index contributed by atoms with van der Waals surface area (Å²) in [5, 5.41) is 83.6. The molecule has 1 heterocycles. The molecule has 0 bridgehead atoms. The molecule has 7 aliphatic rings. The van der Waals surface area contributed by atoms with Gasteiger partial charge in [0.05, 0.1) is 29.6 Å². The van der Waals surface area contributed by atoms with Gasteiger partial charge in [-0.1, -0.05) is 47.1 Å². The Morgan fingerprint density at radius 2 is 1.40 bits per heavy atom. The van der Waals surface area contributed by atoms with Crippen LogP contribution in [0.25, 0.3) is 0 Å². The second-order valence-electron chi connectivity index (χ2n) is 21.1. The number of fused-ring (bicyclic) bond motifs is 7. The summed E-state index contributed by atoms with van der Waals surface area (Å²) in [5.74, 6) is -5.68. The van der Waals surface area contributed by atoms with Crippen molar-refractivity contribution < 1.29 is 74.2 Å². The normalized spacial score (nSPS) is 52.6. The van der Waals surface area contributed by atoms with E-state index in [1.165, 1.54) is 0 Å². The molecular formula is C43H64O15. The van der Waals surface area contributed by atoms with E-state index in [0.717, 1.165) is 37.7 Å². The lowest BCUT2D eigenvalue weighted by atomic mass is 9.33. The smallest absolute Gasteiger partial charge is 0.335 e. The lowest BCUT2D eigenvalue weighted by Crippen LogP contribution is -2.68. The number of carboxylic acids is 3. The van der Waals surface area contributed by atoms with Gasteiger partial charge in [0, 0.05) is 5.92 Å². The van der Waals surface area contributed by atoms with Crippen molar-refractivity contribution >= 4 is 23.7 Å². The van der Waals surface area contributed by atoms with Crippen molar-refractivity contribution in [3.8, 4) is 0 Å². The van der Waals surface area contributed by atoms with Crippen LogP contribution in [0.4, 0.5) is 0 Å². The molecule has 0 aromatic carbocycles. The number of carboxylic acid groups (broad SMARTS) is 3. The first-order chi connectivity index (χ1) is 26.8. The van der Waals surface area contributed by atoms with Crippen molar-refractivity contribution in [3.63, 3.8) is 0 Å². The Labute approximate surface area is 339 Å². The average Bonchev–Trinajstić information content (AvgIpc) is 3.13. The molecule has 0 spiro atoms. The molecule has 1 aliphatic heterocycles. The summed E-state index contributed by atoms with van der Waals surface area (Å²) in [5.41, 5.74) is -1.71. The quantitative estimate of drug-likeness (QED) is 0.172. The Morgan fingerprint density at radius 3 is 2.02 bits per heavy atom. The highest BCUT2D eigenvalue weighted by Crippen LogP contribution is 2.75. The number of ketones is 1. The monoisotopic (exact) mass is 820 g/mol. The van der Waals surface area contributed by atoms with Crippen LogP contribution in [-0.2, 0) is 33.4 Å². The van der Waals surface area contributed by atoms with Crippen molar-refractivity contribution in [2.75, 3.05) is 0 Å². The van der Waals surface area contributed by atoms with Crippen LogP contribution in [-0.4, -0.2) is 126 Å². The van der Waals surface area contributed by atoms with E-state index in [9.17, 15) is 60.0 Å². The van der Waals surface area contributed by atoms with Gasteiger partial charge in [-0.2, -0.15) is 0 Å². The third-order valence-electron chi connectivity index (χ3n) is 17.7. The zero-order valence-electron chi connectivity index (χ0n) is 34.7. The molecule has 0 unspecified atom stereocenters. The molecular weight excluding hydrogens is 756 g/mol. The molecule has 15 heteroatoms. The number of ether oxygens (including phenoxy) is 3. The minimum Gasteiger partial charge on any atom is -0.481 e. The second kappa shape index (κ2) is 14.3. The van der Waals surface area contributed by atoms with Gasteiger partial charge in [-0.05, 0) is 116 Å². The number of rotatable bonds is 7. The van der Waals surface area contributed by atoms with Crippen LogP contribution < -0.4 is 0 Å². The minimum atomic E-state index is -1.99. The Hall–Kier alpha value is -2.50. The van der Waals surface area contributed by atoms with Crippen LogP contribution in [0.2, 0.25) is 0 Å². The van der Waals surface area contributed by atoms with E-state index in [4.69, 9.17) is 14.2 Å². The molecule has 0 radical (unpaired) electrons. The van der Waals surface area contributed by atoms with Crippen LogP contribution in [0.3, 0.4) is 0 Å².